The van der Waals surface area contributed by atoms with Crippen LogP contribution in [0.25, 0.3) is 0 Å². The minimum absolute atomic E-state index is 0.0889. The standard InChI is InChI=1S/C14H14N2O4/c1-9-6-15-14(19)16(7-9)8-10-3-4-11(13(17)18)12(5-10)20-2/h3-7H,8H2,1-2H3,(H,17,18). The number of benzene rings is 1. The van der Waals surface area contributed by atoms with Crippen LogP contribution < -0.4 is 10.4 Å². The molecule has 2 aromatic rings. The van der Waals surface area contributed by atoms with Crippen molar-refractivity contribution in [2.45, 2.75) is 13.5 Å². The van der Waals surface area contributed by atoms with E-state index in [-0.39, 0.29) is 17.0 Å². The van der Waals surface area contributed by atoms with E-state index in [1.807, 2.05) is 6.92 Å². The van der Waals surface area contributed by atoms with E-state index in [4.69, 9.17) is 9.84 Å². The van der Waals surface area contributed by atoms with Crippen molar-refractivity contribution in [3.8, 4) is 5.75 Å². The molecule has 0 spiro atoms. The van der Waals surface area contributed by atoms with E-state index in [1.165, 1.54) is 23.9 Å². The third-order valence-corrected chi connectivity index (χ3v) is 2.83. The van der Waals surface area contributed by atoms with Crippen molar-refractivity contribution in [1.29, 1.82) is 0 Å². The highest BCUT2D eigenvalue weighted by Gasteiger charge is 2.11. The number of nitrogens with zero attached hydrogens (tertiary/aromatic N) is 2. The van der Waals surface area contributed by atoms with Gasteiger partial charge in [0, 0.05) is 12.4 Å². The SMILES string of the molecule is COc1cc(Cn2cc(C)cnc2=O)ccc1C(=O)O. The van der Waals surface area contributed by atoms with Crippen LogP contribution in [0.5, 0.6) is 5.75 Å². The molecule has 6 nitrogen and oxygen atoms in total. The molecule has 1 aromatic heterocycles. The Hall–Kier alpha value is -2.63. The van der Waals surface area contributed by atoms with Gasteiger partial charge in [0.2, 0.25) is 0 Å². The van der Waals surface area contributed by atoms with E-state index in [1.54, 1.807) is 18.3 Å². The Labute approximate surface area is 115 Å². The summed E-state index contributed by atoms with van der Waals surface area (Å²) in [4.78, 5) is 26.4. The summed E-state index contributed by atoms with van der Waals surface area (Å²) in [5.74, 6) is -0.786. The summed E-state index contributed by atoms with van der Waals surface area (Å²) in [5, 5.41) is 9.01. The Kier molecular flexibility index (Phi) is 3.84. The molecule has 0 aliphatic heterocycles. The Morgan fingerprint density at radius 2 is 2.20 bits per heavy atom. The number of carboxylic acid groups (broad SMARTS) is 1. The number of hydrogen-bond acceptors (Lipinski definition) is 4. The number of aromatic nitrogens is 2. The van der Waals surface area contributed by atoms with E-state index < -0.39 is 5.97 Å². The third kappa shape index (κ3) is 2.85. The normalized spacial score (nSPS) is 10.3. The van der Waals surface area contributed by atoms with Crippen molar-refractivity contribution >= 4 is 5.97 Å². The number of methoxy groups -OCH3 is 1. The first-order valence-electron chi connectivity index (χ1n) is 5.94. The van der Waals surface area contributed by atoms with Crippen LogP contribution in [0.15, 0.2) is 35.4 Å². The monoisotopic (exact) mass is 274 g/mol. The van der Waals surface area contributed by atoms with E-state index in [0.29, 0.717) is 6.54 Å². The van der Waals surface area contributed by atoms with E-state index in [2.05, 4.69) is 4.98 Å². The molecule has 1 N–H and O–H groups in total. The summed E-state index contributed by atoms with van der Waals surface area (Å²) in [5.41, 5.74) is 1.38. The van der Waals surface area contributed by atoms with Gasteiger partial charge in [-0.1, -0.05) is 6.07 Å². The minimum Gasteiger partial charge on any atom is -0.496 e. The highest BCUT2D eigenvalue weighted by Crippen LogP contribution is 2.20. The zero-order chi connectivity index (χ0) is 14.7. The van der Waals surface area contributed by atoms with Gasteiger partial charge in [0.05, 0.1) is 13.7 Å². The molecule has 6 heteroatoms. The lowest BCUT2D eigenvalue weighted by molar-refractivity contribution is 0.0693. The molecule has 0 saturated heterocycles. The van der Waals surface area contributed by atoms with Crippen molar-refractivity contribution in [1.82, 2.24) is 9.55 Å². The maximum absolute atomic E-state index is 11.6. The molecule has 0 bridgehead atoms. The fourth-order valence-corrected chi connectivity index (χ4v) is 1.89. The van der Waals surface area contributed by atoms with Gasteiger partial charge in [-0.2, -0.15) is 0 Å². The van der Waals surface area contributed by atoms with Crippen molar-refractivity contribution in [2.75, 3.05) is 7.11 Å². The molecule has 1 aromatic carbocycles. The first kappa shape index (κ1) is 13.8. The van der Waals surface area contributed by atoms with Crippen LogP contribution in [0.1, 0.15) is 21.5 Å². The molecule has 0 unspecified atom stereocenters. The topological polar surface area (TPSA) is 81.4 Å². The van der Waals surface area contributed by atoms with Crippen LogP contribution in [0.3, 0.4) is 0 Å². The van der Waals surface area contributed by atoms with Crippen LogP contribution in [0.2, 0.25) is 0 Å². The van der Waals surface area contributed by atoms with Crippen molar-refractivity contribution in [3.63, 3.8) is 0 Å². The van der Waals surface area contributed by atoms with Crippen LogP contribution >= 0.6 is 0 Å². The second-order valence-electron chi connectivity index (χ2n) is 4.38. The quantitative estimate of drug-likeness (QED) is 0.909. The average Bonchev–Trinajstić information content (AvgIpc) is 2.42. The van der Waals surface area contributed by atoms with Gasteiger partial charge in [-0.15, -0.1) is 0 Å². The number of aromatic carboxylic acids is 1. The maximum Gasteiger partial charge on any atom is 0.347 e. The molecular weight excluding hydrogens is 260 g/mol. The molecule has 0 saturated carbocycles. The zero-order valence-corrected chi connectivity index (χ0v) is 11.2. The molecule has 0 amide bonds. The maximum atomic E-state index is 11.6. The first-order chi connectivity index (χ1) is 9.51. The predicted octanol–water partition coefficient (Wildman–Crippen LogP) is 1.31. The number of carbonyl (C=O) groups is 1. The number of ether oxygens (including phenoxy) is 1. The van der Waals surface area contributed by atoms with Crippen LogP contribution in [0.4, 0.5) is 0 Å². The minimum atomic E-state index is -1.05. The molecule has 0 fully saturated rings. The Bertz CT molecular complexity index is 707. The molecule has 20 heavy (non-hydrogen) atoms. The lowest BCUT2D eigenvalue weighted by Gasteiger charge is -2.09. The smallest absolute Gasteiger partial charge is 0.347 e. The van der Waals surface area contributed by atoms with Crippen molar-refractivity contribution in [3.05, 3.63) is 57.8 Å². The molecule has 2 rings (SSSR count). The fraction of sp³-hybridized carbons (Fsp3) is 0.214. The van der Waals surface area contributed by atoms with Crippen molar-refractivity contribution < 1.29 is 14.6 Å². The van der Waals surface area contributed by atoms with Gasteiger partial charge in [0.25, 0.3) is 0 Å². The molecule has 104 valence electrons. The molecule has 0 atom stereocenters. The summed E-state index contributed by atoms with van der Waals surface area (Å²) >= 11 is 0. The molecule has 0 aliphatic carbocycles. The van der Waals surface area contributed by atoms with Crippen LogP contribution in [-0.4, -0.2) is 27.7 Å². The van der Waals surface area contributed by atoms with Crippen molar-refractivity contribution in [2.24, 2.45) is 0 Å². The predicted molar refractivity (Wildman–Crippen MR) is 72.3 cm³/mol. The first-order valence-corrected chi connectivity index (χ1v) is 5.94. The summed E-state index contributed by atoms with van der Waals surface area (Å²) in [7, 11) is 1.41. The average molecular weight is 274 g/mol. The Morgan fingerprint density at radius 1 is 1.45 bits per heavy atom. The van der Waals surface area contributed by atoms with Gasteiger partial charge in [0.1, 0.15) is 11.3 Å². The van der Waals surface area contributed by atoms with Gasteiger partial charge in [-0.25, -0.2) is 14.6 Å². The van der Waals surface area contributed by atoms with Gasteiger partial charge < -0.3 is 9.84 Å². The van der Waals surface area contributed by atoms with Crippen LogP contribution in [-0.2, 0) is 6.54 Å². The molecule has 1 heterocycles. The highest BCUT2D eigenvalue weighted by molar-refractivity contribution is 5.90. The summed E-state index contributed by atoms with van der Waals surface area (Å²) < 4.78 is 6.52. The highest BCUT2D eigenvalue weighted by atomic mass is 16.5. The zero-order valence-electron chi connectivity index (χ0n) is 11.2. The van der Waals surface area contributed by atoms with Gasteiger partial charge in [-0.3, -0.25) is 4.57 Å². The lowest BCUT2D eigenvalue weighted by Crippen LogP contribution is -2.22. The lowest BCUT2D eigenvalue weighted by atomic mass is 10.1. The van der Waals surface area contributed by atoms with Gasteiger partial charge in [-0.05, 0) is 30.2 Å². The number of aryl methyl sites for hydroxylation is 1. The van der Waals surface area contributed by atoms with E-state index in [9.17, 15) is 9.59 Å². The van der Waals surface area contributed by atoms with E-state index >= 15 is 0 Å². The molecule has 0 radical (unpaired) electrons. The number of rotatable bonds is 4. The number of hydrogen-bond donors (Lipinski definition) is 1. The van der Waals surface area contributed by atoms with Crippen LogP contribution in [0, 0.1) is 6.92 Å². The summed E-state index contributed by atoms with van der Waals surface area (Å²) in [6.07, 6.45) is 3.21. The molecular formula is C14H14N2O4. The van der Waals surface area contributed by atoms with Gasteiger partial charge in [0.15, 0.2) is 0 Å². The third-order valence-electron chi connectivity index (χ3n) is 2.83. The summed E-state index contributed by atoms with van der Waals surface area (Å²) in [6, 6.07) is 4.73. The van der Waals surface area contributed by atoms with E-state index in [0.717, 1.165) is 11.1 Å². The Balaban J connectivity index is 2.37. The van der Waals surface area contributed by atoms with Gasteiger partial charge >= 0.3 is 11.7 Å². The largest absolute Gasteiger partial charge is 0.496 e. The second-order valence-corrected chi connectivity index (χ2v) is 4.38. The summed E-state index contributed by atoms with van der Waals surface area (Å²) in [6.45, 7) is 2.15. The second kappa shape index (κ2) is 5.56. The number of carboxylic acids is 1. The molecule has 0 aliphatic rings. The Morgan fingerprint density at radius 3 is 2.85 bits per heavy atom. The fourth-order valence-electron chi connectivity index (χ4n) is 1.89.